The van der Waals surface area contributed by atoms with Crippen LogP contribution in [0.1, 0.15) is 11.1 Å². The van der Waals surface area contributed by atoms with Crippen LogP contribution in [0, 0.1) is 13.8 Å². The zero-order valence-electron chi connectivity index (χ0n) is 11.3. The molecule has 3 aromatic rings. The number of H-pyrrole nitrogens is 1. The highest BCUT2D eigenvalue weighted by atomic mass is 16.5. The Balaban J connectivity index is 2.24. The van der Waals surface area contributed by atoms with Crippen LogP contribution < -0.4 is 4.74 Å². The van der Waals surface area contributed by atoms with E-state index in [1.165, 1.54) is 5.56 Å². The van der Waals surface area contributed by atoms with E-state index in [0.717, 1.165) is 33.5 Å². The van der Waals surface area contributed by atoms with Crippen molar-refractivity contribution in [2.45, 2.75) is 13.8 Å². The number of methoxy groups -OCH3 is 1. The second-order valence-corrected chi connectivity index (χ2v) is 4.75. The molecule has 0 aliphatic carbocycles. The van der Waals surface area contributed by atoms with E-state index >= 15 is 0 Å². The number of fused-ring (bicyclic) bond motifs is 1. The van der Waals surface area contributed by atoms with Crippen molar-refractivity contribution >= 4 is 10.9 Å². The van der Waals surface area contributed by atoms with Gasteiger partial charge in [-0.3, -0.25) is 5.10 Å². The Bertz CT molecular complexity index is 744. The monoisotopic (exact) mass is 252 g/mol. The van der Waals surface area contributed by atoms with Crippen molar-refractivity contribution in [2.24, 2.45) is 0 Å². The van der Waals surface area contributed by atoms with Crippen molar-refractivity contribution in [1.29, 1.82) is 0 Å². The van der Waals surface area contributed by atoms with Crippen LogP contribution in [0.15, 0.2) is 36.4 Å². The first kappa shape index (κ1) is 11.8. The van der Waals surface area contributed by atoms with E-state index in [-0.39, 0.29) is 0 Å². The van der Waals surface area contributed by atoms with Crippen molar-refractivity contribution < 1.29 is 4.74 Å². The fourth-order valence-electron chi connectivity index (χ4n) is 2.43. The van der Waals surface area contributed by atoms with E-state index in [2.05, 4.69) is 42.2 Å². The van der Waals surface area contributed by atoms with Crippen LogP contribution in [-0.2, 0) is 0 Å². The number of nitrogens with one attached hydrogen (secondary N) is 1. The molecule has 0 amide bonds. The number of aryl methyl sites for hydroxylation is 2. The molecule has 0 bridgehead atoms. The first-order valence-corrected chi connectivity index (χ1v) is 6.29. The molecule has 96 valence electrons. The summed E-state index contributed by atoms with van der Waals surface area (Å²) in [7, 11) is 1.70. The molecule has 0 atom stereocenters. The van der Waals surface area contributed by atoms with Gasteiger partial charge in [-0.25, -0.2) is 0 Å². The molecule has 3 rings (SSSR count). The number of aromatic amines is 1. The lowest BCUT2D eigenvalue weighted by Gasteiger charge is -2.10. The van der Waals surface area contributed by atoms with Crippen LogP contribution in [-0.4, -0.2) is 17.3 Å². The molecule has 1 N–H and O–H groups in total. The van der Waals surface area contributed by atoms with Crippen LogP contribution >= 0.6 is 0 Å². The molecular weight excluding hydrogens is 236 g/mol. The van der Waals surface area contributed by atoms with E-state index in [9.17, 15) is 0 Å². The molecule has 0 saturated heterocycles. The smallest absolute Gasteiger partial charge is 0.122 e. The summed E-state index contributed by atoms with van der Waals surface area (Å²) in [4.78, 5) is 0. The minimum absolute atomic E-state index is 0.918. The highest BCUT2D eigenvalue weighted by molar-refractivity contribution is 5.93. The van der Waals surface area contributed by atoms with Gasteiger partial charge in [-0.05, 0) is 43.2 Å². The molecule has 3 heteroatoms. The van der Waals surface area contributed by atoms with Crippen LogP contribution in [0.4, 0.5) is 0 Å². The minimum atomic E-state index is 0.918. The summed E-state index contributed by atoms with van der Waals surface area (Å²) in [5.74, 6) is 0.918. The lowest BCUT2D eigenvalue weighted by atomic mass is 10.00. The van der Waals surface area contributed by atoms with Gasteiger partial charge in [-0.15, -0.1) is 0 Å². The Morgan fingerprint density at radius 2 is 1.84 bits per heavy atom. The summed E-state index contributed by atoms with van der Waals surface area (Å²) in [5, 5.41) is 8.69. The Labute approximate surface area is 112 Å². The van der Waals surface area contributed by atoms with Gasteiger partial charge in [0.1, 0.15) is 11.4 Å². The van der Waals surface area contributed by atoms with Crippen molar-refractivity contribution in [3.63, 3.8) is 0 Å². The van der Waals surface area contributed by atoms with E-state index in [1.54, 1.807) is 7.11 Å². The topological polar surface area (TPSA) is 37.9 Å². The fourth-order valence-corrected chi connectivity index (χ4v) is 2.43. The second kappa shape index (κ2) is 4.43. The van der Waals surface area contributed by atoms with Gasteiger partial charge in [-0.2, -0.15) is 5.10 Å². The molecule has 0 aliphatic heterocycles. The predicted octanol–water partition coefficient (Wildman–Crippen LogP) is 3.86. The average molecular weight is 252 g/mol. The molecule has 0 saturated carbocycles. The minimum Gasteiger partial charge on any atom is -0.496 e. The number of hydrogen-bond donors (Lipinski definition) is 1. The standard InChI is InChI=1S/C16H16N2O/c1-10-9-15(19-3)11(2)8-13(10)16-12-6-4-5-7-14(12)17-18-16/h4-9H,1-3H3,(H,17,18). The average Bonchev–Trinajstić information content (AvgIpc) is 2.84. The fraction of sp³-hybridized carbons (Fsp3) is 0.188. The largest absolute Gasteiger partial charge is 0.496 e. The summed E-state index contributed by atoms with van der Waals surface area (Å²) in [6.45, 7) is 4.14. The van der Waals surface area contributed by atoms with Gasteiger partial charge in [0.25, 0.3) is 0 Å². The number of nitrogens with zero attached hydrogens (tertiary/aromatic N) is 1. The predicted molar refractivity (Wildman–Crippen MR) is 77.6 cm³/mol. The van der Waals surface area contributed by atoms with E-state index in [1.807, 2.05) is 18.2 Å². The van der Waals surface area contributed by atoms with E-state index < -0.39 is 0 Å². The molecule has 19 heavy (non-hydrogen) atoms. The summed E-state index contributed by atoms with van der Waals surface area (Å²) in [6, 6.07) is 12.4. The first-order chi connectivity index (χ1) is 9.20. The molecule has 1 aromatic heterocycles. The van der Waals surface area contributed by atoms with Crippen LogP contribution in [0.5, 0.6) is 5.75 Å². The third-order valence-corrected chi connectivity index (χ3v) is 3.47. The van der Waals surface area contributed by atoms with Crippen LogP contribution in [0.25, 0.3) is 22.2 Å². The molecule has 0 spiro atoms. The first-order valence-electron chi connectivity index (χ1n) is 6.29. The summed E-state index contributed by atoms with van der Waals surface area (Å²) in [6.07, 6.45) is 0. The molecule has 2 aromatic carbocycles. The summed E-state index contributed by atoms with van der Waals surface area (Å²) >= 11 is 0. The molecule has 0 radical (unpaired) electrons. The normalized spacial score (nSPS) is 10.9. The van der Waals surface area contributed by atoms with Gasteiger partial charge in [-0.1, -0.05) is 18.2 Å². The zero-order valence-corrected chi connectivity index (χ0v) is 11.3. The Morgan fingerprint density at radius 3 is 2.63 bits per heavy atom. The van der Waals surface area contributed by atoms with Gasteiger partial charge in [0, 0.05) is 10.9 Å². The van der Waals surface area contributed by atoms with Gasteiger partial charge in [0.15, 0.2) is 0 Å². The molecular formula is C16H16N2O. The second-order valence-electron chi connectivity index (χ2n) is 4.75. The molecule has 0 unspecified atom stereocenters. The van der Waals surface area contributed by atoms with Crippen molar-refractivity contribution in [2.75, 3.05) is 7.11 Å². The number of hydrogen-bond acceptors (Lipinski definition) is 2. The van der Waals surface area contributed by atoms with Gasteiger partial charge in [0.2, 0.25) is 0 Å². The Morgan fingerprint density at radius 1 is 1.05 bits per heavy atom. The van der Waals surface area contributed by atoms with Crippen molar-refractivity contribution in [1.82, 2.24) is 10.2 Å². The molecule has 0 aliphatic rings. The number of aromatic nitrogens is 2. The highest BCUT2D eigenvalue weighted by Crippen LogP contribution is 2.32. The van der Waals surface area contributed by atoms with Gasteiger partial charge < -0.3 is 4.74 Å². The lowest BCUT2D eigenvalue weighted by molar-refractivity contribution is 0.411. The highest BCUT2D eigenvalue weighted by Gasteiger charge is 2.12. The quantitative estimate of drug-likeness (QED) is 0.752. The van der Waals surface area contributed by atoms with Gasteiger partial charge in [0.05, 0.1) is 12.6 Å². The summed E-state index contributed by atoms with van der Waals surface area (Å²) < 4.78 is 5.36. The van der Waals surface area contributed by atoms with E-state index in [4.69, 9.17) is 4.74 Å². The molecule has 0 fully saturated rings. The molecule has 1 heterocycles. The van der Waals surface area contributed by atoms with E-state index in [0.29, 0.717) is 0 Å². The van der Waals surface area contributed by atoms with Crippen molar-refractivity contribution in [3.8, 4) is 17.0 Å². The lowest BCUT2D eigenvalue weighted by Crippen LogP contribution is -1.91. The van der Waals surface area contributed by atoms with Gasteiger partial charge >= 0.3 is 0 Å². The zero-order chi connectivity index (χ0) is 13.4. The maximum atomic E-state index is 5.36. The number of ether oxygens (including phenoxy) is 1. The number of rotatable bonds is 2. The third kappa shape index (κ3) is 1.87. The van der Waals surface area contributed by atoms with Crippen LogP contribution in [0.3, 0.4) is 0 Å². The summed E-state index contributed by atoms with van der Waals surface area (Å²) in [5.41, 5.74) is 5.50. The Kier molecular flexibility index (Phi) is 2.75. The maximum absolute atomic E-state index is 5.36. The number of benzene rings is 2. The molecule has 3 nitrogen and oxygen atoms in total. The van der Waals surface area contributed by atoms with Crippen LogP contribution in [0.2, 0.25) is 0 Å². The van der Waals surface area contributed by atoms with Crippen molar-refractivity contribution in [3.05, 3.63) is 47.5 Å². The Hall–Kier alpha value is -2.29. The number of para-hydroxylation sites is 1. The third-order valence-electron chi connectivity index (χ3n) is 3.47. The SMILES string of the molecule is COc1cc(C)c(-c2n[nH]c3ccccc23)cc1C. The maximum Gasteiger partial charge on any atom is 0.122 e.